The molecule has 1 fully saturated rings. The Morgan fingerprint density at radius 1 is 1.47 bits per heavy atom. The predicted molar refractivity (Wildman–Crippen MR) is 69.7 cm³/mol. The fourth-order valence-corrected chi connectivity index (χ4v) is 2.20. The first-order chi connectivity index (χ1) is 9.13. The molecule has 3 rings (SSSR count). The number of fused-ring (bicyclic) bond motifs is 1. The molecule has 1 aromatic heterocycles. The van der Waals surface area contributed by atoms with Crippen LogP contribution in [0.5, 0.6) is 0 Å². The van der Waals surface area contributed by atoms with Gasteiger partial charge in [0.25, 0.3) is 0 Å². The summed E-state index contributed by atoms with van der Waals surface area (Å²) in [6, 6.07) is 5.12. The van der Waals surface area contributed by atoms with Crippen molar-refractivity contribution in [3.8, 4) is 0 Å². The van der Waals surface area contributed by atoms with E-state index in [4.69, 9.17) is 14.9 Å². The quantitative estimate of drug-likeness (QED) is 0.843. The third-order valence-corrected chi connectivity index (χ3v) is 3.22. The summed E-state index contributed by atoms with van der Waals surface area (Å²) < 4.78 is 10.6. The highest BCUT2D eigenvalue weighted by atomic mass is 16.5. The molecule has 0 spiro atoms. The first kappa shape index (κ1) is 12.1. The van der Waals surface area contributed by atoms with Crippen LogP contribution in [0.1, 0.15) is 5.89 Å². The van der Waals surface area contributed by atoms with Crippen molar-refractivity contribution in [2.45, 2.75) is 13.0 Å². The van der Waals surface area contributed by atoms with Crippen molar-refractivity contribution in [1.29, 1.82) is 0 Å². The average molecular weight is 261 g/mol. The van der Waals surface area contributed by atoms with E-state index in [9.17, 15) is 4.79 Å². The third kappa shape index (κ3) is 2.32. The normalized spacial score (nSPS) is 22.8. The van der Waals surface area contributed by atoms with E-state index in [1.807, 2.05) is 0 Å². The molecule has 2 unspecified atom stereocenters. The number of nitrogens with one attached hydrogen (secondary N) is 1. The fraction of sp³-hybridized carbons (Fsp3) is 0.385. The van der Waals surface area contributed by atoms with Gasteiger partial charge >= 0.3 is 0 Å². The first-order valence-corrected chi connectivity index (χ1v) is 6.15. The standard InChI is InChI=1S/C13H15N3O3/c1-7-15-11-4-8(2-3-12(11)19-7)16-13(17)9-5-18-6-10(9)14/h2-4,9-10H,5-6,14H2,1H3,(H,16,17). The highest BCUT2D eigenvalue weighted by Gasteiger charge is 2.31. The number of anilines is 1. The summed E-state index contributed by atoms with van der Waals surface area (Å²) in [6.45, 7) is 2.59. The Morgan fingerprint density at radius 3 is 3.05 bits per heavy atom. The number of nitrogens with zero attached hydrogens (tertiary/aromatic N) is 1. The molecular weight excluding hydrogens is 246 g/mol. The van der Waals surface area contributed by atoms with E-state index < -0.39 is 0 Å². The molecular formula is C13H15N3O3. The van der Waals surface area contributed by atoms with Gasteiger partial charge in [-0.15, -0.1) is 0 Å². The average Bonchev–Trinajstić information content (AvgIpc) is 2.93. The minimum absolute atomic E-state index is 0.121. The van der Waals surface area contributed by atoms with Gasteiger partial charge in [0, 0.05) is 18.7 Å². The summed E-state index contributed by atoms with van der Waals surface area (Å²) in [6.07, 6.45) is 0. The molecule has 0 aliphatic carbocycles. The molecule has 2 heterocycles. The van der Waals surface area contributed by atoms with E-state index in [0.717, 1.165) is 5.52 Å². The van der Waals surface area contributed by atoms with E-state index in [-0.39, 0.29) is 17.9 Å². The molecule has 1 aliphatic rings. The van der Waals surface area contributed by atoms with E-state index in [2.05, 4.69) is 10.3 Å². The van der Waals surface area contributed by atoms with Crippen LogP contribution in [0, 0.1) is 12.8 Å². The van der Waals surface area contributed by atoms with Crippen molar-refractivity contribution < 1.29 is 13.9 Å². The molecule has 0 radical (unpaired) electrons. The number of aromatic nitrogens is 1. The van der Waals surface area contributed by atoms with Gasteiger partial charge in [-0.05, 0) is 18.2 Å². The van der Waals surface area contributed by atoms with Crippen LogP contribution in [-0.4, -0.2) is 30.1 Å². The molecule has 19 heavy (non-hydrogen) atoms. The molecule has 1 aromatic carbocycles. The van der Waals surface area contributed by atoms with Crippen molar-refractivity contribution in [3.63, 3.8) is 0 Å². The third-order valence-electron chi connectivity index (χ3n) is 3.22. The first-order valence-electron chi connectivity index (χ1n) is 6.15. The molecule has 1 saturated heterocycles. The van der Waals surface area contributed by atoms with Gasteiger partial charge in [0.1, 0.15) is 5.52 Å². The van der Waals surface area contributed by atoms with Gasteiger partial charge in [0.2, 0.25) is 5.91 Å². The number of carbonyl (C=O) groups is 1. The second-order valence-electron chi connectivity index (χ2n) is 4.71. The number of nitrogens with two attached hydrogens (primary N) is 1. The molecule has 1 aliphatic heterocycles. The Hall–Kier alpha value is -1.92. The SMILES string of the molecule is Cc1nc2cc(NC(=O)C3COCC3N)ccc2o1. The van der Waals surface area contributed by atoms with Crippen molar-refractivity contribution in [3.05, 3.63) is 24.1 Å². The van der Waals surface area contributed by atoms with Crippen molar-refractivity contribution >= 4 is 22.7 Å². The lowest BCUT2D eigenvalue weighted by molar-refractivity contribution is -0.120. The van der Waals surface area contributed by atoms with Gasteiger partial charge in [-0.3, -0.25) is 4.79 Å². The lowest BCUT2D eigenvalue weighted by Gasteiger charge is -2.13. The van der Waals surface area contributed by atoms with Gasteiger partial charge in [0.05, 0.1) is 19.1 Å². The van der Waals surface area contributed by atoms with Crippen LogP contribution in [0.4, 0.5) is 5.69 Å². The highest BCUT2D eigenvalue weighted by Crippen LogP contribution is 2.21. The van der Waals surface area contributed by atoms with Gasteiger partial charge < -0.3 is 20.2 Å². The number of hydrogen-bond acceptors (Lipinski definition) is 5. The molecule has 0 saturated carbocycles. The number of rotatable bonds is 2. The Morgan fingerprint density at radius 2 is 2.32 bits per heavy atom. The van der Waals surface area contributed by atoms with Crippen LogP contribution >= 0.6 is 0 Å². The largest absolute Gasteiger partial charge is 0.441 e. The highest BCUT2D eigenvalue weighted by molar-refractivity contribution is 5.94. The summed E-state index contributed by atoms with van der Waals surface area (Å²) in [4.78, 5) is 16.3. The van der Waals surface area contributed by atoms with Crippen molar-refractivity contribution in [1.82, 2.24) is 4.98 Å². The summed E-state index contributed by atoms with van der Waals surface area (Å²) in [5.41, 5.74) is 7.93. The number of hydrogen-bond donors (Lipinski definition) is 2. The van der Waals surface area contributed by atoms with E-state index in [1.165, 1.54) is 0 Å². The maximum atomic E-state index is 12.1. The van der Waals surface area contributed by atoms with Crippen LogP contribution < -0.4 is 11.1 Å². The second-order valence-corrected chi connectivity index (χ2v) is 4.71. The smallest absolute Gasteiger partial charge is 0.231 e. The Kier molecular flexibility index (Phi) is 2.96. The van der Waals surface area contributed by atoms with Crippen LogP contribution in [0.15, 0.2) is 22.6 Å². The fourth-order valence-electron chi connectivity index (χ4n) is 2.20. The Labute approximate surface area is 109 Å². The number of oxazole rings is 1. The van der Waals surface area contributed by atoms with Crippen molar-refractivity contribution in [2.75, 3.05) is 18.5 Å². The monoisotopic (exact) mass is 261 g/mol. The number of amides is 1. The van der Waals surface area contributed by atoms with Crippen LogP contribution in [-0.2, 0) is 9.53 Å². The molecule has 100 valence electrons. The second kappa shape index (κ2) is 4.64. The van der Waals surface area contributed by atoms with Gasteiger partial charge in [-0.25, -0.2) is 4.98 Å². The van der Waals surface area contributed by atoms with E-state index in [0.29, 0.717) is 30.4 Å². The maximum absolute atomic E-state index is 12.1. The molecule has 2 aromatic rings. The molecule has 6 nitrogen and oxygen atoms in total. The van der Waals surface area contributed by atoms with Gasteiger partial charge in [0.15, 0.2) is 11.5 Å². The predicted octanol–water partition coefficient (Wildman–Crippen LogP) is 1.05. The van der Waals surface area contributed by atoms with Gasteiger partial charge in [-0.2, -0.15) is 0 Å². The molecule has 6 heteroatoms. The summed E-state index contributed by atoms with van der Waals surface area (Å²) in [7, 11) is 0. The van der Waals surface area contributed by atoms with Crippen LogP contribution in [0.2, 0.25) is 0 Å². The number of aryl methyl sites for hydroxylation is 1. The molecule has 2 atom stereocenters. The van der Waals surface area contributed by atoms with E-state index in [1.54, 1.807) is 25.1 Å². The summed E-state index contributed by atoms with van der Waals surface area (Å²) in [5.74, 6) is 0.184. The number of benzene rings is 1. The molecule has 1 amide bonds. The zero-order chi connectivity index (χ0) is 13.4. The Balaban J connectivity index is 1.79. The number of carbonyl (C=O) groups excluding carboxylic acids is 1. The van der Waals surface area contributed by atoms with E-state index >= 15 is 0 Å². The molecule has 3 N–H and O–H groups in total. The summed E-state index contributed by atoms with van der Waals surface area (Å²) in [5, 5.41) is 2.84. The lowest BCUT2D eigenvalue weighted by atomic mass is 10.0. The minimum atomic E-state index is -0.297. The lowest BCUT2D eigenvalue weighted by Crippen LogP contribution is -2.37. The van der Waals surface area contributed by atoms with Crippen LogP contribution in [0.3, 0.4) is 0 Å². The zero-order valence-electron chi connectivity index (χ0n) is 10.6. The Bertz CT molecular complexity index is 623. The topological polar surface area (TPSA) is 90.4 Å². The van der Waals surface area contributed by atoms with Crippen molar-refractivity contribution in [2.24, 2.45) is 11.7 Å². The maximum Gasteiger partial charge on any atom is 0.231 e. The minimum Gasteiger partial charge on any atom is -0.441 e. The summed E-state index contributed by atoms with van der Waals surface area (Å²) >= 11 is 0. The molecule has 0 bridgehead atoms. The zero-order valence-corrected chi connectivity index (χ0v) is 10.6. The van der Waals surface area contributed by atoms with Gasteiger partial charge in [-0.1, -0.05) is 0 Å². The van der Waals surface area contributed by atoms with Crippen LogP contribution in [0.25, 0.3) is 11.1 Å². The number of ether oxygens (including phenoxy) is 1.